The molecule has 0 spiro atoms. The molecule has 3 aromatic rings. The van der Waals surface area contributed by atoms with E-state index in [0.29, 0.717) is 24.7 Å². The van der Waals surface area contributed by atoms with Gasteiger partial charge in [-0.25, -0.2) is 19.7 Å². The van der Waals surface area contributed by atoms with Crippen LogP contribution in [-0.4, -0.2) is 52.1 Å². The zero-order valence-electron chi connectivity index (χ0n) is 16.4. The highest BCUT2D eigenvalue weighted by molar-refractivity contribution is 7.14. The average molecular weight is 410 g/mol. The Labute approximate surface area is 173 Å². The Morgan fingerprint density at radius 3 is 2.62 bits per heavy atom. The molecular formula is C20H23N7OS. The number of amides is 2. The molecule has 1 saturated heterocycles. The number of hydrogen-bond donors (Lipinski definition) is 2. The summed E-state index contributed by atoms with van der Waals surface area (Å²) >= 11 is 1.52. The first kappa shape index (κ1) is 19.1. The molecule has 29 heavy (non-hydrogen) atoms. The van der Waals surface area contributed by atoms with E-state index in [-0.39, 0.29) is 6.03 Å². The van der Waals surface area contributed by atoms with Gasteiger partial charge in [0.1, 0.15) is 23.3 Å². The van der Waals surface area contributed by atoms with E-state index < -0.39 is 0 Å². The Hall–Kier alpha value is -3.20. The molecule has 1 aliphatic heterocycles. The van der Waals surface area contributed by atoms with Gasteiger partial charge in [-0.1, -0.05) is 0 Å². The Morgan fingerprint density at radius 2 is 1.90 bits per heavy atom. The standard InChI is InChI=1S/C20H23N7OS/c1-14-5-6-21-16(12-14)24-17-13-18(23-15(2)22-17)26-7-9-27(10-8-26)20(28)25-19-4-3-11-29-19/h3-6,11-13H,7-10H2,1-2H3,(H,25,28)(H,21,22,23,24). The molecule has 1 fully saturated rings. The van der Waals surface area contributed by atoms with Gasteiger partial charge in [0.2, 0.25) is 0 Å². The first-order chi connectivity index (χ1) is 14.1. The van der Waals surface area contributed by atoms with Gasteiger partial charge >= 0.3 is 6.03 Å². The van der Waals surface area contributed by atoms with E-state index in [1.54, 1.807) is 6.20 Å². The molecule has 0 atom stereocenters. The summed E-state index contributed by atoms with van der Waals surface area (Å²) in [4.78, 5) is 29.8. The summed E-state index contributed by atoms with van der Waals surface area (Å²) in [6.45, 7) is 6.62. The minimum Gasteiger partial charge on any atom is -0.353 e. The molecule has 150 valence electrons. The fourth-order valence-corrected chi connectivity index (χ4v) is 3.79. The van der Waals surface area contributed by atoms with Gasteiger partial charge in [0.25, 0.3) is 0 Å². The van der Waals surface area contributed by atoms with E-state index in [9.17, 15) is 4.79 Å². The molecule has 2 amide bonds. The fraction of sp³-hybridized carbons (Fsp3) is 0.300. The molecule has 0 aliphatic carbocycles. The first-order valence-electron chi connectivity index (χ1n) is 9.46. The second-order valence-corrected chi connectivity index (χ2v) is 7.83. The van der Waals surface area contributed by atoms with Crippen LogP contribution < -0.4 is 15.5 Å². The summed E-state index contributed by atoms with van der Waals surface area (Å²) in [5.74, 6) is 3.01. The SMILES string of the molecule is Cc1ccnc(Nc2cc(N3CCN(C(=O)Nc4cccs4)CC3)nc(C)n2)c1. The van der Waals surface area contributed by atoms with Crippen molar-refractivity contribution >= 4 is 39.8 Å². The van der Waals surface area contributed by atoms with Crippen molar-refractivity contribution in [3.63, 3.8) is 0 Å². The van der Waals surface area contributed by atoms with Crippen LogP contribution in [0.4, 0.5) is 27.2 Å². The summed E-state index contributed by atoms with van der Waals surface area (Å²) in [5, 5.41) is 9.01. The maximum Gasteiger partial charge on any atom is 0.322 e. The van der Waals surface area contributed by atoms with Gasteiger partial charge in [0.05, 0.1) is 5.00 Å². The van der Waals surface area contributed by atoms with Crippen LogP contribution in [-0.2, 0) is 0 Å². The molecule has 9 heteroatoms. The highest BCUT2D eigenvalue weighted by Gasteiger charge is 2.22. The van der Waals surface area contributed by atoms with E-state index in [0.717, 1.165) is 35.3 Å². The third kappa shape index (κ3) is 4.80. The summed E-state index contributed by atoms with van der Waals surface area (Å²) in [6.07, 6.45) is 1.77. The number of aromatic nitrogens is 3. The summed E-state index contributed by atoms with van der Waals surface area (Å²) in [6, 6.07) is 9.63. The Bertz CT molecular complexity index is 984. The van der Waals surface area contributed by atoms with Crippen molar-refractivity contribution in [1.29, 1.82) is 0 Å². The molecule has 3 aromatic heterocycles. The van der Waals surface area contributed by atoms with Gasteiger partial charge in [0, 0.05) is 38.4 Å². The quantitative estimate of drug-likeness (QED) is 0.684. The van der Waals surface area contributed by atoms with Crippen LogP contribution in [0, 0.1) is 13.8 Å². The van der Waals surface area contributed by atoms with Crippen LogP contribution in [0.3, 0.4) is 0 Å². The number of urea groups is 1. The number of aryl methyl sites for hydroxylation is 2. The monoisotopic (exact) mass is 409 g/mol. The lowest BCUT2D eigenvalue weighted by atomic mass is 10.3. The van der Waals surface area contributed by atoms with E-state index in [4.69, 9.17) is 0 Å². The number of hydrogen-bond acceptors (Lipinski definition) is 7. The van der Waals surface area contributed by atoms with Crippen molar-refractivity contribution in [3.8, 4) is 0 Å². The zero-order chi connectivity index (χ0) is 20.2. The lowest BCUT2D eigenvalue weighted by Gasteiger charge is -2.35. The molecule has 4 rings (SSSR count). The van der Waals surface area contributed by atoms with Crippen LogP contribution in [0.1, 0.15) is 11.4 Å². The molecule has 0 bridgehead atoms. The van der Waals surface area contributed by atoms with Gasteiger partial charge in [-0.05, 0) is 49.1 Å². The van der Waals surface area contributed by atoms with Crippen LogP contribution in [0.15, 0.2) is 41.9 Å². The molecule has 0 aromatic carbocycles. The van der Waals surface area contributed by atoms with Gasteiger partial charge in [-0.2, -0.15) is 0 Å². The number of carbonyl (C=O) groups is 1. The van der Waals surface area contributed by atoms with E-state index in [1.807, 2.05) is 54.5 Å². The molecule has 0 saturated carbocycles. The Kier molecular flexibility index (Phi) is 5.57. The largest absolute Gasteiger partial charge is 0.353 e. The number of carbonyl (C=O) groups excluding carboxylic acids is 1. The predicted octanol–water partition coefficient (Wildman–Crippen LogP) is 3.65. The van der Waals surface area contributed by atoms with Crippen molar-refractivity contribution in [2.45, 2.75) is 13.8 Å². The van der Waals surface area contributed by atoms with Crippen molar-refractivity contribution in [2.24, 2.45) is 0 Å². The maximum absolute atomic E-state index is 12.4. The van der Waals surface area contributed by atoms with Crippen LogP contribution in [0.2, 0.25) is 0 Å². The topological polar surface area (TPSA) is 86.3 Å². The lowest BCUT2D eigenvalue weighted by Crippen LogP contribution is -2.50. The van der Waals surface area contributed by atoms with Crippen molar-refractivity contribution in [1.82, 2.24) is 19.9 Å². The predicted molar refractivity (Wildman–Crippen MR) is 116 cm³/mol. The number of piperazine rings is 1. The number of nitrogens with one attached hydrogen (secondary N) is 2. The minimum absolute atomic E-state index is 0.0566. The zero-order valence-corrected chi connectivity index (χ0v) is 17.2. The van der Waals surface area contributed by atoms with Crippen LogP contribution in [0.5, 0.6) is 0 Å². The Balaban J connectivity index is 1.40. The number of rotatable bonds is 4. The van der Waals surface area contributed by atoms with Crippen molar-refractivity contribution in [3.05, 3.63) is 53.3 Å². The number of pyridine rings is 1. The normalized spacial score (nSPS) is 14.0. The fourth-order valence-electron chi connectivity index (χ4n) is 3.19. The lowest BCUT2D eigenvalue weighted by molar-refractivity contribution is 0.208. The second-order valence-electron chi connectivity index (χ2n) is 6.88. The smallest absolute Gasteiger partial charge is 0.322 e. The maximum atomic E-state index is 12.4. The van der Waals surface area contributed by atoms with E-state index in [1.165, 1.54) is 11.3 Å². The molecular weight excluding hydrogens is 386 g/mol. The highest BCUT2D eigenvalue weighted by Crippen LogP contribution is 2.21. The van der Waals surface area contributed by atoms with Gasteiger partial charge in [-0.15, -0.1) is 11.3 Å². The third-order valence-corrected chi connectivity index (χ3v) is 5.42. The average Bonchev–Trinajstić information content (AvgIpc) is 3.21. The van der Waals surface area contributed by atoms with Crippen LogP contribution >= 0.6 is 11.3 Å². The minimum atomic E-state index is -0.0566. The summed E-state index contributed by atoms with van der Waals surface area (Å²) in [5.41, 5.74) is 1.13. The number of anilines is 4. The Morgan fingerprint density at radius 1 is 1.07 bits per heavy atom. The van der Waals surface area contributed by atoms with Gasteiger partial charge in [-0.3, -0.25) is 5.32 Å². The number of thiophene rings is 1. The molecule has 8 nitrogen and oxygen atoms in total. The summed E-state index contributed by atoms with van der Waals surface area (Å²) in [7, 11) is 0. The highest BCUT2D eigenvalue weighted by atomic mass is 32.1. The van der Waals surface area contributed by atoms with Gasteiger partial charge in [0.15, 0.2) is 0 Å². The molecule has 0 radical (unpaired) electrons. The van der Waals surface area contributed by atoms with Crippen molar-refractivity contribution < 1.29 is 4.79 Å². The molecule has 2 N–H and O–H groups in total. The molecule has 1 aliphatic rings. The first-order valence-corrected chi connectivity index (χ1v) is 10.3. The van der Waals surface area contributed by atoms with Gasteiger partial charge < -0.3 is 15.1 Å². The number of nitrogens with zero attached hydrogens (tertiary/aromatic N) is 5. The van der Waals surface area contributed by atoms with E-state index in [2.05, 4.69) is 30.5 Å². The third-order valence-electron chi connectivity index (χ3n) is 4.64. The molecule has 4 heterocycles. The van der Waals surface area contributed by atoms with E-state index >= 15 is 0 Å². The van der Waals surface area contributed by atoms with Crippen molar-refractivity contribution in [2.75, 3.05) is 41.7 Å². The molecule has 0 unspecified atom stereocenters. The van der Waals surface area contributed by atoms with Crippen LogP contribution in [0.25, 0.3) is 0 Å². The second kappa shape index (κ2) is 8.44. The summed E-state index contributed by atoms with van der Waals surface area (Å²) < 4.78 is 0.